The molecule has 0 radical (unpaired) electrons. The Morgan fingerprint density at radius 1 is 1.11 bits per heavy atom. The highest BCUT2D eigenvalue weighted by Gasteiger charge is 2.19. The van der Waals surface area contributed by atoms with Crippen molar-refractivity contribution in [2.75, 3.05) is 51.8 Å². The topological polar surface area (TPSA) is 66.4 Å². The summed E-state index contributed by atoms with van der Waals surface area (Å²) in [6.07, 6.45) is 5.65. The number of nitrogens with one attached hydrogen (secondary N) is 1. The molecule has 1 aliphatic heterocycles. The predicted molar refractivity (Wildman–Crippen MR) is 142 cm³/mol. The number of nitrogens with zero attached hydrogens (tertiary/aromatic N) is 4. The van der Waals surface area contributed by atoms with E-state index in [1.807, 2.05) is 55.8 Å². The highest BCUT2D eigenvalue weighted by molar-refractivity contribution is 6.42. The summed E-state index contributed by atoms with van der Waals surface area (Å²) in [7, 11) is 3.96. The van der Waals surface area contributed by atoms with Crippen molar-refractivity contribution in [1.29, 1.82) is 0 Å². The lowest BCUT2D eigenvalue weighted by molar-refractivity contribution is 0.122. The molecule has 1 fully saturated rings. The summed E-state index contributed by atoms with van der Waals surface area (Å²) in [6.45, 7) is 3.74. The van der Waals surface area contributed by atoms with Gasteiger partial charge in [0.25, 0.3) is 5.56 Å². The van der Waals surface area contributed by atoms with Gasteiger partial charge in [0.1, 0.15) is 5.65 Å². The zero-order valence-electron chi connectivity index (χ0n) is 19.7. The Morgan fingerprint density at radius 2 is 1.91 bits per heavy atom. The van der Waals surface area contributed by atoms with E-state index in [2.05, 4.69) is 20.9 Å². The Labute approximate surface area is 213 Å². The number of rotatable bonds is 6. The van der Waals surface area contributed by atoms with Gasteiger partial charge >= 0.3 is 0 Å². The van der Waals surface area contributed by atoms with Gasteiger partial charge in [0, 0.05) is 49.0 Å². The molecule has 3 aromatic heterocycles. The maximum Gasteiger partial charge on any atom is 0.251 e. The van der Waals surface area contributed by atoms with E-state index in [-0.39, 0.29) is 11.6 Å². The number of morpholine rings is 1. The molecule has 0 amide bonds. The summed E-state index contributed by atoms with van der Waals surface area (Å²) >= 11 is 12.4. The number of aromatic amines is 1. The Balaban J connectivity index is 1.52. The molecular weight excluding hydrogens is 485 g/mol. The quantitative estimate of drug-likeness (QED) is 0.406. The third-order valence-electron chi connectivity index (χ3n) is 6.35. The van der Waals surface area contributed by atoms with Crippen LogP contribution in [-0.2, 0) is 4.74 Å². The average molecular weight is 512 g/mol. The van der Waals surface area contributed by atoms with Crippen LogP contribution in [0.25, 0.3) is 22.2 Å². The van der Waals surface area contributed by atoms with E-state index in [0.717, 1.165) is 46.5 Å². The summed E-state index contributed by atoms with van der Waals surface area (Å²) in [6, 6.07) is 11.1. The smallest absolute Gasteiger partial charge is 0.251 e. The van der Waals surface area contributed by atoms with Crippen LogP contribution in [0, 0.1) is 0 Å². The first-order valence-corrected chi connectivity index (χ1v) is 12.3. The van der Waals surface area contributed by atoms with Crippen LogP contribution in [0.4, 0.5) is 5.69 Å². The molecule has 1 saturated heterocycles. The normalized spacial score (nSPS) is 15.2. The van der Waals surface area contributed by atoms with Gasteiger partial charge in [-0.05, 0) is 49.5 Å². The predicted octanol–water partition coefficient (Wildman–Crippen LogP) is 4.69. The van der Waals surface area contributed by atoms with Crippen molar-refractivity contribution in [3.63, 3.8) is 0 Å². The first kappa shape index (κ1) is 23.9. The van der Waals surface area contributed by atoms with Crippen molar-refractivity contribution in [3.05, 3.63) is 81.0 Å². The molecule has 1 N–H and O–H groups in total. The van der Waals surface area contributed by atoms with Gasteiger partial charge in [-0.2, -0.15) is 0 Å². The van der Waals surface area contributed by atoms with E-state index >= 15 is 0 Å². The number of benzene rings is 1. The molecule has 4 aromatic rings. The molecule has 0 spiro atoms. The number of hydrogen-bond acceptors (Lipinski definition) is 5. The average Bonchev–Trinajstić information content (AvgIpc) is 3.28. The number of anilines is 1. The fourth-order valence-corrected chi connectivity index (χ4v) is 4.87. The summed E-state index contributed by atoms with van der Waals surface area (Å²) < 4.78 is 7.22. The van der Waals surface area contributed by atoms with E-state index in [9.17, 15) is 4.79 Å². The molecule has 4 heterocycles. The van der Waals surface area contributed by atoms with Crippen molar-refractivity contribution in [2.45, 2.75) is 6.04 Å². The minimum absolute atomic E-state index is 0.0907. The van der Waals surface area contributed by atoms with Crippen LogP contribution in [-0.4, -0.2) is 66.4 Å². The van der Waals surface area contributed by atoms with E-state index in [4.69, 9.17) is 27.9 Å². The summed E-state index contributed by atoms with van der Waals surface area (Å²) in [5, 5.41) is 1.95. The lowest BCUT2D eigenvalue weighted by Gasteiger charge is -2.28. The minimum Gasteiger partial charge on any atom is -0.378 e. The Bertz CT molecular complexity index is 1410. The molecule has 1 aliphatic rings. The molecular formula is C26H27Cl2N5O2. The standard InChI is InChI=1S/C26H27Cl2N5O2/c1-31(2)16-24(18-3-4-22(27)23(28)11-18)33-6-5-17(12-25(33)34)21-15-30-26-20(21)13-19(14-29-26)32-7-9-35-10-8-32/h3-6,11-15,24H,7-10,16H2,1-2H3,(H,29,30). The number of ether oxygens (including phenoxy) is 1. The lowest BCUT2D eigenvalue weighted by Crippen LogP contribution is -2.36. The van der Waals surface area contributed by atoms with Gasteiger partial charge in [0.15, 0.2) is 0 Å². The second-order valence-electron chi connectivity index (χ2n) is 9.00. The molecule has 1 aromatic carbocycles. The van der Waals surface area contributed by atoms with Gasteiger partial charge in [-0.3, -0.25) is 4.79 Å². The zero-order chi connectivity index (χ0) is 24.5. The van der Waals surface area contributed by atoms with E-state index in [0.29, 0.717) is 29.8 Å². The van der Waals surface area contributed by atoms with Gasteiger partial charge in [-0.15, -0.1) is 0 Å². The SMILES string of the molecule is CN(C)CC(c1ccc(Cl)c(Cl)c1)n1ccc(-c2c[nH]c3ncc(N4CCOCC4)cc23)cc1=O. The molecule has 182 valence electrons. The third kappa shape index (κ3) is 4.95. The maximum atomic E-state index is 13.4. The number of pyridine rings is 2. The van der Waals surface area contributed by atoms with Gasteiger partial charge in [0.2, 0.25) is 0 Å². The first-order valence-electron chi connectivity index (χ1n) is 11.5. The largest absolute Gasteiger partial charge is 0.378 e. The van der Waals surface area contributed by atoms with Crippen LogP contribution < -0.4 is 10.5 Å². The van der Waals surface area contributed by atoms with Gasteiger partial charge in [-0.25, -0.2) is 4.98 Å². The van der Waals surface area contributed by atoms with Crippen LogP contribution in [0.2, 0.25) is 10.0 Å². The van der Waals surface area contributed by atoms with Crippen molar-refractivity contribution in [2.24, 2.45) is 0 Å². The third-order valence-corrected chi connectivity index (χ3v) is 7.09. The monoisotopic (exact) mass is 511 g/mol. The molecule has 0 saturated carbocycles. The van der Waals surface area contributed by atoms with E-state index in [1.165, 1.54) is 0 Å². The first-order chi connectivity index (χ1) is 16.9. The zero-order valence-corrected chi connectivity index (χ0v) is 21.2. The van der Waals surface area contributed by atoms with E-state index < -0.39 is 0 Å². The molecule has 0 aliphatic carbocycles. The molecule has 1 unspecified atom stereocenters. The summed E-state index contributed by atoms with van der Waals surface area (Å²) in [5.74, 6) is 0. The highest BCUT2D eigenvalue weighted by Crippen LogP contribution is 2.31. The second kappa shape index (κ2) is 10.0. The molecule has 9 heteroatoms. The fraction of sp³-hybridized carbons (Fsp3) is 0.308. The number of hydrogen-bond donors (Lipinski definition) is 1. The molecule has 0 bridgehead atoms. The Hall–Kier alpha value is -2.84. The van der Waals surface area contributed by atoms with Crippen LogP contribution in [0.15, 0.2) is 59.8 Å². The van der Waals surface area contributed by atoms with Crippen LogP contribution >= 0.6 is 23.2 Å². The van der Waals surface area contributed by atoms with Crippen LogP contribution in [0.5, 0.6) is 0 Å². The lowest BCUT2D eigenvalue weighted by atomic mass is 10.0. The van der Waals surface area contributed by atoms with Crippen LogP contribution in [0.3, 0.4) is 0 Å². The molecule has 7 nitrogen and oxygen atoms in total. The highest BCUT2D eigenvalue weighted by atomic mass is 35.5. The van der Waals surface area contributed by atoms with Gasteiger partial charge in [0.05, 0.1) is 41.2 Å². The summed E-state index contributed by atoms with van der Waals surface area (Å²) in [4.78, 5) is 25.5. The second-order valence-corrected chi connectivity index (χ2v) is 9.82. The number of halogens is 2. The number of fused-ring (bicyclic) bond motifs is 1. The van der Waals surface area contributed by atoms with Crippen molar-refractivity contribution in [3.8, 4) is 11.1 Å². The molecule has 5 rings (SSSR count). The van der Waals surface area contributed by atoms with Gasteiger partial charge in [-0.1, -0.05) is 29.3 Å². The maximum absolute atomic E-state index is 13.4. The Kier molecular flexibility index (Phi) is 6.84. The molecule has 1 atom stereocenters. The number of H-pyrrole nitrogens is 1. The Morgan fingerprint density at radius 3 is 2.63 bits per heavy atom. The fourth-order valence-electron chi connectivity index (χ4n) is 4.56. The number of likely N-dealkylation sites (N-methyl/N-ethyl adjacent to an activating group) is 1. The van der Waals surface area contributed by atoms with Gasteiger partial charge < -0.3 is 24.1 Å². The van der Waals surface area contributed by atoms with E-state index in [1.54, 1.807) is 16.7 Å². The number of aromatic nitrogens is 3. The molecule has 35 heavy (non-hydrogen) atoms. The van der Waals surface area contributed by atoms with Crippen molar-refractivity contribution >= 4 is 39.9 Å². The van der Waals surface area contributed by atoms with Crippen molar-refractivity contribution < 1.29 is 4.74 Å². The van der Waals surface area contributed by atoms with Crippen molar-refractivity contribution in [1.82, 2.24) is 19.4 Å². The minimum atomic E-state index is -0.209. The van der Waals surface area contributed by atoms with Crippen LogP contribution in [0.1, 0.15) is 11.6 Å². The summed E-state index contributed by atoms with van der Waals surface area (Å²) in [5.41, 5.74) is 4.48.